The van der Waals surface area contributed by atoms with Gasteiger partial charge in [-0.3, -0.25) is 4.79 Å². The van der Waals surface area contributed by atoms with Gasteiger partial charge in [0.1, 0.15) is 17.3 Å². The first kappa shape index (κ1) is 13.0. The van der Waals surface area contributed by atoms with E-state index in [0.717, 1.165) is 6.07 Å². The van der Waals surface area contributed by atoms with Crippen molar-refractivity contribution < 1.29 is 18.7 Å². The predicted molar refractivity (Wildman–Crippen MR) is 67.2 cm³/mol. The number of carbonyl (C=O) groups is 1. The third-order valence-corrected chi connectivity index (χ3v) is 2.63. The van der Waals surface area contributed by atoms with Crippen molar-refractivity contribution in [3.63, 3.8) is 0 Å². The van der Waals surface area contributed by atoms with Gasteiger partial charge in [-0.25, -0.2) is 9.37 Å². The van der Waals surface area contributed by atoms with Crippen LogP contribution < -0.4 is 9.47 Å². The number of ketones is 1. The molecule has 4 nitrogen and oxygen atoms in total. The molecule has 0 saturated carbocycles. The fourth-order valence-corrected chi connectivity index (χ4v) is 1.66. The van der Waals surface area contributed by atoms with Crippen LogP contribution >= 0.6 is 0 Å². The van der Waals surface area contributed by atoms with E-state index in [4.69, 9.17) is 9.47 Å². The molecule has 0 amide bonds. The van der Waals surface area contributed by atoms with Gasteiger partial charge in [0.25, 0.3) is 0 Å². The number of halogens is 1. The Morgan fingerprint density at radius 3 is 2.63 bits per heavy atom. The molecule has 0 atom stereocenters. The zero-order chi connectivity index (χ0) is 13.8. The Morgan fingerprint density at radius 2 is 2.00 bits per heavy atom. The van der Waals surface area contributed by atoms with E-state index in [9.17, 15) is 9.18 Å². The van der Waals surface area contributed by atoms with Crippen LogP contribution in [0.25, 0.3) is 0 Å². The van der Waals surface area contributed by atoms with Gasteiger partial charge < -0.3 is 9.47 Å². The maximum atomic E-state index is 13.8. The number of carbonyl (C=O) groups excluding carboxylic acids is 1. The van der Waals surface area contributed by atoms with Gasteiger partial charge in [-0.1, -0.05) is 0 Å². The highest BCUT2D eigenvalue weighted by Crippen LogP contribution is 2.22. The lowest BCUT2D eigenvalue weighted by Crippen LogP contribution is -2.08. The SMILES string of the molecule is COc1ccc(C(=O)c2ncccc2OC)c(F)c1. The maximum Gasteiger partial charge on any atom is 0.218 e. The monoisotopic (exact) mass is 261 g/mol. The summed E-state index contributed by atoms with van der Waals surface area (Å²) in [5.41, 5.74) is 0.00636. The molecule has 0 N–H and O–H groups in total. The molecule has 0 bridgehead atoms. The van der Waals surface area contributed by atoms with Crippen molar-refractivity contribution in [1.82, 2.24) is 4.98 Å². The Balaban J connectivity index is 2.44. The summed E-state index contributed by atoms with van der Waals surface area (Å²) in [7, 11) is 2.86. The van der Waals surface area contributed by atoms with Crippen molar-refractivity contribution in [3.8, 4) is 11.5 Å². The lowest BCUT2D eigenvalue weighted by molar-refractivity contribution is 0.102. The predicted octanol–water partition coefficient (Wildman–Crippen LogP) is 2.47. The minimum atomic E-state index is -0.656. The number of nitrogens with zero attached hydrogens (tertiary/aromatic N) is 1. The van der Waals surface area contributed by atoms with Crippen molar-refractivity contribution in [1.29, 1.82) is 0 Å². The van der Waals surface area contributed by atoms with Gasteiger partial charge in [-0.15, -0.1) is 0 Å². The van der Waals surface area contributed by atoms with Crippen LogP contribution in [0.1, 0.15) is 16.1 Å². The fraction of sp³-hybridized carbons (Fsp3) is 0.143. The van der Waals surface area contributed by atoms with Crippen LogP contribution in [0.4, 0.5) is 4.39 Å². The molecule has 0 aliphatic heterocycles. The van der Waals surface area contributed by atoms with Gasteiger partial charge in [-0.05, 0) is 24.3 Å². The lowest BCUT2D eigenvalue weighted by atomic mass is 10.1. The van der Waals surface area contributed by atoms with E-state index >= 15 is 0 Å². The number of pyridine rings is 1. The molecule has 0 aliphatic carbocycles. The number of aromatic nitrogens is 1. The summed E-state index contributed by atoms with van der Waals surface area (Å²) in [4.78, 5) is 16.2. The van der Waals surface area contributed by atoms with Gasteiger partial charge in [0.15, 0.2) is 5.69 Å². The summed E-state index contributed by atoms with van der Waals surface area (Å²) in [6, 6.07) is 7.28. The molecule has 5 heteroatoms. The summed E-state index contributed by atoms with van der Waals surface area (Å²) in [6.07, 6.45) is 1.46. The Labute approximate surface area is 109 Å². The first-order valence-corrected chi connectivity index (χ1v) is 5.54. The molecule has 0 spiro atoms. The molecule has 1 heterocycles. The summed E-state index contributed by atoms with van der Waals surface area (Å²) in [5, 5.41) is 0. The quantitative estimate of drug-likeness (QED) is 0.793. The van der Waals surface area contributed by atoms with Crippen LogP contribution in [0, 0.1) is 5.82 Å². The van der Waals surface area contributed by atoms with E-state index in [1.807, 2.05) is 0 Å². The van der Waals surface area contributed by atoms with Gasteiger partial charge >= 0.3 is 0 Å². The smallest absolute Gasteiger partial charge is 0.218 e. The third-order valence-electron chi connectivity index (χ3n) is 2.63. The van der Waals surface area contributed by atoms with Crippen LogP contribution in [0.5, 0.6) is 11.5 Å². The van der Waals surface area contributed by atoms with Gasteiger partial charge in [-0.2, -0.15) is 0 Å². The molecule has 19 heavy (non-hydrogen) atoms. The van der Waals surface area contributed by atoms with Crippen LogP contribution in [0.3, 0.4) is 0 Å². The normalized spacial score (nSPS) is 10.1. The van der Waals surface area contributed by atoms with Crippen molar-refractivity contribution in [3.05, 3.63) is 53.6 Å². The largest absolute Gasteiger partial charge is 0.497 e. The molecule has 0 fully saturated rings. The molecular weight excluding hydrogens is 249 g/mol. The summed E-state index contributed by atoms with van der Waals surface area (Å²) < 4.78 is 23.8. The standard InChI is InChI=1S/C14H12FNO3/c1-18-9-5-6-10(11(15)8-9)14(17)13-12(19-2)4-3-7-16-13/h3-8H,1-2H3. The van der Waals surface area contributed by atoms with Gasteiger partial charge in [0.05, 0.1) is 19.8 Å². The van der Waals surface area contributed by atoms with E-state index < -0.39 is 11.6 Å². The third kappa shape index (κ3) is 2.54. The molecule has 1 aromatic heterocycles. The fourth-order valence-electron chi connectivity index (χ4n) is 1.66. The van der Waals surface area contributed by atoms with Crippen molar-refractivity contribution in [2.45, 2.75) is 0 Å². The molecule has 0 radical (unpaired) electrons. The Bertz CT molecular complexity index is 613. The highest BCUT2D eigenvalue weighted by atomic mass is 19.1. The van der Waals surface area contributed by atoms with Crippen LogP contribution in [-0.2, 0) is 0 Å². The van der Waals surface area contributed by atoms with E-state index in [1.54, 1.807) is 12.1 Å². The number of methoxy groups -OCH3 is 2. The number of hydrogen-bond donors (Lipinski definition) is 0. The van der Waals surface area contributed by atoms with E-state index in [1.165, 1.54) is 32.5 Å². The molecule has 2 aromatic rings. The Hall–Kier alpha value is -2.43. The second-order valence-electron chi connectivity index (χ2n) is 3.73. The lowest BCUT2D eigenvalue weighted by Gasteiger charge is -2.07. The highest BCUT2D eigenvalue weighted by Gasteiger charge is 2.19. The first-order valence-electron chi connectivity index (χ1n) is 5.54. The summed E-state index contributed by atoms with van der Waals surface area (Å²) in [5.74, 6) is -0.528. The number of benzene rings is 1. The molecule has 0 saturated heterocycles. The van der Waals surface area contributed by atoms with Crippen molar-refractivity contribution in [2.75, 3.05) is 14.2 Å². The van der Waals surface area contributed by atoms with Gasteiger partial charge in [0.2, 0.25) is 5.78 Å². The van der Waals surface area contributed by atoms with Crippen LogP contribution in [0.2, 0.25) is 0 Å². The molecule has 0 unspecified atom stereocenters. The van der Waals surface area contributed by atoms with E-state index in [2.05, 4.69) is 4.98 Å². The summed E-state index contributed by atoms with van der Waals surface area (Å²) >= 11 is 0. The second-order valence-corrected chi connectivity index (χ2v) is 3.73. The number of rotatable bonds is 4. The molecule has 98 valence electrons. The maximum absolute atomic E-state index is 13.8. The minimum Gasteiger partial charge on any atom is -0.497 e. The molecule has 0 aliphatic rings. The first-order chi connectivity index (χ1) is 9.17. The van der Waals surface area contributed by atoms with Gasteiger partial charge in [0, 0.05) is 12.3 Å². The van der Waals surface area contributed by atoms with Crippen LogP contribution in [0.15, 0.2) is 36.5 Å². The molecule has 2 rings (SSSR count). The molecule has 1 aromatic carbocycles. The Morgan fingerprint density at radius 1 is 1.21 bits per heavy atom. The summed E-state index contributed by atoms with van der Waals surface area (Å²) in [6.45, 7) is 0. The zero-order valence-corrected chi connectivity index (χ0v) is 10.5. The van der Waals surface area contributed by atoms with Crippen molar-refractivity contribution in [2.24, 2.45) is 0 Å². The number of hydrogen-bond acceptors (Lipinski definition) is 4. The van der Waals surface area contributed by atoms with Crippen molar-refractivity contribution >= 4 is 5.78 Å². The van der Waals surface area contributed by atoms with Crippen LogP contribution in [-0.4, -0.2) is 25.0 Å². The zero-order valence-electron chi connectivity index (χ0n) is 10.5. The number of ether oxygens (including phenoxy) is 2. The minimum absolute atomic E-state index is 0.0715. The average molecular weight is 261 g/mol. The van der Waals surface area contributed by atoms with E-state index in [0.29, 0.717) is 11.5 Å². The molecular formula is C14H12FNO3. The second kappa shape index (κ2) is 5.48. The Kier molecular flexibility index (Phi) is 3.75. The topological polar surface area (TPSA) is 48.4 Å². The van der Waals surface area contributed by atoms with E-state index in [-0.39, 0.29) is 11.3 Å². The average Bonchev–Trinajstić information content (AvgIpc) is 2.46. The highest BCUT2D eigenvalue weighted by molar-refractivity contribution is 6.09.